The third-order valence-corrected chi connectivity index (χ3v) is 15.4. The normalized spacial score (nSPS) is 11.9. The monoisotopic (exact) mass is 1020 g/mol. The molecule has 0 aliphatic heterocycles. The molecule has 1 atom stereocenters. The molecular formula is C66H128O6. The van der Waals surface area contributed by atoms with Crippen molar-refractivity contribution in [3.05, 3.63) is 0 Å². The van der Waals surface area contributed by atoms with Crippen LogP contribution in [0.4, 0.5) is 0 Å². The average Bonchev–Trinajstić information content (AvgIpc) is 3.38. The van der Waals surface area contributed by atoms with Crippen LogP contribution in [0.3, 0.4) is 0 Å². The van der Waals surface area contributed by atoms with E-state index in [2.05, 4.69) is 20.8 Å². The molecule has 0 amide bonds. The summed E-state index contributed by atoms with van der Waals surface area (Å²) in [4.78, 5) is 38.1. The minimum absolute atomic E-state index is 0.0612. The van der Waals surface area contributed by atoms with E-state index in [1.807, 2.05) is 0 Å². The molecule has 428 valence electrons. The number of carbonyl (C=O) groups is 3. The minimum Gasteiger partial charge on any atom is -0.462 e. The molecule has 0 heterocycles. The summed E-state index contributed by atoms with van der Waals surface area (Å²) in [5.41, 5.74) is 0. The number of ether oxygens (including phenoxy) is 3. The smallest absolute Gasteiger partial charge is 0.306 e. The van der Waals surface area contributed by atoms with Crippen molar-refractivity contribution in [3.8, 4) is 0 Å². The van der Waals surface area contributed by atoms with Crippen LogP contribution in [-0.4, -0.2) is 37.2 Å². The number of rotatable bonds is 62. The van der Waals surface area contributed by atoms with E-state index >= 15 is 0 Å². The second-order valence-electron chi connectivity index (χ2n) is 22.8. The van der Waals surface area contributed by atoms with Gasteiger partial charge in [-0.3, -0.25) is 14.4 Å². The number of unbranched alkanes of at least 4 members (excludes halogenated alkanes) is 51. The molecule has 6 heteroatoms. The highest BCUT2D eigenvalue weighted by Crippen LogP contribution is 2.19. The zero-order valence-corrected chi connectivity index (χ0v) is 49.2. The van der Waals surface area contributed by atoms with Crippen LogP contribution in [0.2, 0.25) is 0 Å². The van der Waals surface area contributed by atoms with Gasteiger partial charge in [-0.15, -0.1) is 0 Å². The van der Waals surface area contributed by atoms with Crippen molar-refractivity contribution < 1.29 is 28.6 Å². The van der Waals surface area contributed by atoms with E-state index in [9.17, 15) is 14.4 Å². The van der Waals surface area contributed by atoms with Crippen LogP contribution in [0.1, 0.15) is 387 Å². The second kappa shape index (κ2) is 62.0. The average molecular weight is 1020 g/mol. The highest BCUT2D eigenvalue weighted by molar-refractivity contribution is 5.71. The first-order chi connectivity index (χ1) is 35.5. The standard InChI is InChI=1S/C66H128O6/c1-4-7-10-13-16-19-21-23-25-26-27-28-29-30-31-32-33-34-35-36-37-38-39-41-42-44-47-50-53-56-59-65(68)71-62-63(61-70-64(67)58-55-52-49-46-18-15-12-9-6-3)72-66(69)60-57-54-51-48-45-43-40-24-22-20-17-14-11-8-5-2/h63H,4-62H2,1-3H3. The van der Waals surface area contributed by atoms with Gasteiger partial charge in [0.2, 0.25) is 0 Å². The Morgan fingerprint density at radius 2 is 0.375 bits per heavy atom. The van der Waals surface area contributed by atoms with Crippen molar-refractivity contribution in [1.29, 1.82) is 0 Å². The summed E-state index contributed by atoms with van der Waals surface area (Å²) in [7, 11) is 0. The second-order valence-corrected chi connectivity index (χ2v) is 22.8. The van der Waals surface area contributed by atoms with Gasteiger partial charge < -0.3 is 14.2 Å². The van der Waals surface area contributed by atoms with E-state index in [1.54, 1.807) is 0 Å². The van der Waals surface area contributed by atoms with Gasteiger partial charge in [0.25, 0.3) is 0 Å². The van der Waals surface area contributed by atoms with Crippen molar-refractivity contribution in [1.82, 2.24) is 0 Å². The lowest BCUT2D eigenvalue weighted by atomic mass is 10.0. The fourth-order valence-corrected chi connectivity index (χ4v) is 10.4. The molecule has 0 radical (unpaired) electrons. The third kappa shape index (κ3) is 59.3. The Hall–Kier alpha value is -1.59. The highest BCUT2D eigenvalue weighted by atomic mass is 16.6. The molecule has 0 rings (SSSR count). The molecule has 0 spiro atoms. The molecular weight excluding hydrogens is 889 g/mol. The summed E-state index contributed by atoms with van der Waals surface area (Å²) in [5, 5.41) is 0. The number of esters is 3. The van der Waals surface area contributed by atoms with Crippen molar-refractivity contribution in [2.24, 2.45) is 0 Å². The summed E-state index contributed by atoms with van der Waals surface area (Å²) in [6.07, 6.45) is 71.5. The summed E-state index contributed by atoms with van der Waals surface area (Å²) < 4.78 is 16.9. The maximum atomic E-state index is 12.8. The number of hydrogen-bond acceptors (Lipinski definition) is 6. The zero-order valence-electron chi connectivity index (χ0n) is 49.2. The van der Waals surface area contributed by atoms with Gasteiger partial charge >= 0.3 is 17.9 Å². The lowest BCUT2D eigenvalue weighted by Gasteiger charge is -2.18. The van der Waals surface area contributed by atoms with Gasteiger partial charge in [0.1, 0.15) is 13.2 Å². The van der Waals surface area contributed by atoms with Crippen LogP contribution >= 0.6 is 0 Å². The van der Waals surface area contributed by atoms with E-state index < -0.39 is 6.10 Å². The third-order valence-electron chi connectivity index (χ3n) is 15.4. The van der Waals surface area contributed by atoms with Crippen LogP contribution in [-0.2, 0) is 28.6 Å². The Morgan fingerprint density at radius 3 is 0.556 bits per heavy atom. The Bertz CT molecular complexity index is 1080. The first kappa shape index (κ1) is 70.4. The SMILES string of the molecule is CCCCCCCCCCCCCCCCCCCCCCCCCCCCCCCCC(=O)OCC(COC(=O)CCCCCCCCCCC)OC(=O)CCCCCCCCCCCCCCCCC. The van der Waals surface area contributed by atoms with E-state index in [4.69, 9.17) is 14.2 Å². The van der Waals surface area contributed by atoms with Crippen LogP contribution in [0.5, 0.6) is 0 Å². The molecule has 0 aliphatic carbocycles. The molecule has 6 nitrogen and oxygen atoms in total. The van der Waals surface area contributed by atoms with E-state index in [-0.39, 0.29) is 31.1 Å². The Labute approximate surface area is 450 Å². The summed E-state index contributed by atoms with van der Waals surface area (Å²) in [6.45, 7) is 6.70. The largest absolute Gasteiger partial charge is 0.462 e. The van der Waals surface area contributed by atoms with Gasteiger partial charge in [-0.05, 0) is 19.3 Å². The number of carbonyl (C=O) groups excluding carboxylic acids is 3. The summed E-state index contributed by atoms with van der Waals surface area (Å²) in [5.74, 6) is -0.833. The fraction of sp³-hybridized carbons (Fsp3) is 0.955. The Balaban J connectivity index is 4.00. The molecule has 0 aromatic rings. The van der Waals surface area contributed by atoms with Gasteiger partial charge in [0.05, 0.1) is 0 Å². The zero-order chi connectivity index (χ0) is 52.2. The fourth-order valence-electron chi connectivity index (χ4n) is 10.4. The van der Waals surface area contributed by atoms with Crippen LogP contribution in [0.25, 0.3) is 0 Å². The molecule has 0 aliphatic rings. The van der Waals surface area contributed by atoms with E-state index in [0.29, 0.717) is 19.3 Å². The first-order valence-corrected chi connectivity index (χ1v) is 33.0. The summed E-state index contributed by atoms with van der Waals surface area (Å²) >= 11 is 0. The van der Waals surface area contributed by atoms with Crippen LogP contribution in [0.15, 0.2) is 0 Å². The molecule has 0 aromatic carbocycles. The van der Waals surface area contributed by atoms with Crippen molar-refractivity contribution >= 4 is 17.9 Å². The van der Waals surface area contributed by atoms with Crippen molar-refractivity contribution in [2.75, 3.05) is 13.2 Å². The van der Waals surface area contributed by atoms with Crippen molar-refractivity contribution in [3.63, 3.8) is 0 Å². The van der Waals surface area contributed by atoms with Gasteiger partial charge in [-0.2, -0.15) is 0 Å². The predicted molar refractivity (Wildman–Crippen MR) is 312 cm³/mol. The molecule has 0 bridgehead atoms. The summed E-state index contributed by atoms with van der Waals surface area (Å²) in [6, 6.07) is 0. The maximum absolute atomic E-state index is 12.8. The maximum Gasteiger partial charge on any atom is 0.306 e. The van der Waals surface area contributed by atoms with Gasteiger partial charge in [0.15, 0.2) is 6.10 Å². The van der Waals surface area contributed by atoms with Crippen LogP contribution in [0, 0.1) is 0 Å². The topological polar surface area (TPSA) is 78.9 Å². The molecule has 72 heavy (non-hydrogen) atoms. The molecule has 0 aromatic heterocycles. The molecule has 0 fully saturated rings. The van der Waals surface area contributed by atoms with Crippen molar-refractivity contribution in [2.45, 2.75) is 393 Å². The predicted octanol–water partition coefficient (Wildman–Crippen LogP) is 22.3. The van der Waals surface area contributed by atoms with E-state index in [0.717, 1.165) is 57.8 Å². The Kier molecular flexibility index (Phi) is 60.6. The van der Waals surface area contributed by atoms with Crippen LogP contribution < -0.4 is 0 Å². The molecule has 1 unspecified atom stereocenters. The van der Waals surface area contributed by atoms with Gasteiger partial charge in [-0.1, -0.05) is 348 Å². The number of hydrogen-bond donors (Lipinski definition) is 0. The Morgan fingerprint density at radius 1 is 0.222 bits per heavy atom. The quantitative estimate of drug-likeness (QED) is 0.0343. The molecule has 0 saturated carbocycles. The first-order valence-electron chi connectivity index (χ1n) is 33.0. The van der Waals surface area contributed by atoms with Gasteiger partial charge in [-0.25, -0.2) is 0 Å². The van der Waals surface area contributed by atoms with Gasteiger partial charge in [0, 0.05) is 19.3 Å². The lowest BCUT2D eigenvalue weighted by molar-refractivity contribution is -0.167. The minimum atomic E-state index is -0.761. The molecule has 0 N–H and O–H groups in total. The molecule has 0 saturated heterocycles. The van der Waals surface area contributed by atoms with E-state index in [1.165, 1.54) is 289 Å². The lowest BCUT2D eigenvalue weighted by Crippen LogP contribution is -2.30. The highest BCUT2D eigenvalue weighted by Gasteiger charge is 2.19.